The summed E-state index contributed by atoms with van der Waals surface area (Å²) in [7, 11) is 1.57. The van der Waals surface area contributed by atoms with E-state index in [1.807, 2.05) is 32.0 Å². The third-order valence-corrected chi connectivity index (χ3v) is 2.61. The van der Waals surface area contributed by atoms with Gasteiger partial charge in [0.15, 0.2) is 0 Å². The van der Waals surface area contributed by atoms with Crippen molar-refractivity contribution in [1.29, 1.82) is 0 Å². The van der Waals surface area contributed by atoms with Crippen molar-refractivity contribution in [2.75, 3.05) is 20.2 Å². The molecule has 2 N–H and O–H groups in total. The summed E-state index contributed by atoms with van der Waals surface area (Å²) in [6.07, 6.45) is 0.199. The summed E-state index contributed by atoms with van der Waals surface area (Å²) in [6, 6.07) is 5.67. The van der Waals surface area contributed by atoms with E-state index in [9.17, 15) is 9.59 Å². The molecule has 0 radical (unpaired) electrons. The van der Waals surface area contributed by atoms with Crippen molar-refractivity contribution in [2.24, 2.45) is 0 Å². The van der Waals surface area contributed by atoms with Gasteiger partial charge in [0.25, 0.3) is 0 Å². The second kappa shape index (κ2) is 7.41. The lowest BCUT2D eigenvalue weighted by atomic mass is 10.1. The zero-order chi connectivity index (χ0) is 14.3. The Morgan fingerprint density at radius 1 is 1.21 bits per heavy atom. The van der Waals surface area contributed by atoms with E-state index in [1.54, 1.807) is 7.11 Å². The predicted octanol–water partition coefficient (Wildman–Crippen LogP) is 0.798. The molecule has 5 nitrogen and oxygen atoms in total. The quantitative estimate of drug-likeness (QED) is 0.798. The van der Waals surface area contributed by atoms with Gasteiger partial charge >= 0.3 is 0 Å². The number of hydrogen-bond acceptors (Lipinski definition) is 3. The fraction of sp³-hybridized carbons (Fsp3) is 0.429. The highest BCUT2D eigenvalue weighted by atomic mass is 16.5. The Labute approximate surface area is 113 Å². The molecule has 0 unspecified atom stereocenters. The molecule has 104 valence electrons. The van der Waals surface area contributed by atoms with E-state index in [0.717, 1.165) is 11.1 Å². The first-order valence-electron chi connectivity index (χ1n) is 6.23. The van der Waals surface area contributed by atoms with Crippen LogP contribution in [-0.2, 0) is 16.0 Å². The first kappa shape index (κ1) is 15.0. The fourth-order valence-corrected chi connectivity index (χ4v) is 1.72. The van der Waals surface area contributed by atoms with Crippen LogP contribution in [0.1, 0.15) is 18.1 Å². The number of carbonyl (C=O) groups excluding carboxylic acids is 2. The Hall–Kier alpha value is -2.04. The van der Waals surface area contributed by atoms with Crippen molar-refractivity contribution in [1.82, 2.24) is 10.6 Å². The van der Waals surface area contributed by atoms with Gasteiger partial charge in [-0.25, -0.2) is 0 Å². The third kappa shape index (κ3) is 4.99. The summed E-state index contributed by atoms with van der Waals surface area (Å²) in [5.74, 6) is 0.293. The molecule has 0 spiro atoms. The highest BCUT2D eigenvalue weighted by Crippen LogP contribution is 2.19. The third-order valence-electron chi connectivity index (χ3n) is 2.61. The Kier molecular flexibility index (Phi) is 5.85. The van der Waals surface area contributed by atoms with E-state index in [4.69, 9.17) is 4.74 Å². The van der Waals surface area contributed by atoms with Gasteiger partial charge in [0.1, 0.15) is 5.75 Å². The van der Waals surface area contributed by atoms with E-state index < -0.39 is 0 Å². The van der Waals surface area contributed by atoms with Crippen LogP contribution < -0.4 is 15.4 Å². The first-order valence-corrected chi connectivity index (χ1v) is 6.23. The van der Waals surface area contributed by atoms with Crippen molar-refractivity contribution in [3.05, 3.63) is 29.3 Å². The monoisotopic (exact) mass is 264 g/mol. The highest BCUT2D eigenvalue weighted by Gasteiger charge is 2.10. The van der Waals surface area contributed by atoms with Crippen LogP contribution in [0.3, 0.4) is 0 Å². The largest absolute Gasteiger partial charge is 0.496 e. The number of hydrogen-bond donors (Lipinski definition) is 2. The molecule has 1 aromatic carbocycles. The molecule has 0 aliphatic rings. The number of methoxy groups -OCH3 is 1. The average Bonchev–Trinajstić information content (AvgIpc) is 2.37. The summed E-state index contributed by atoms with van der Waals surface area (Å²) in [5.41, 5.74) is 1.88. The molecule has 0 aliphatic heterocycles. The molecule has 2 amide bonds. The maximum Gasteiger partial charge on any atom is 0.239 e. The van der Waals surface area contributed by atoms with Crippen LogP contribution in [0, 0.1) is 6.92 Å². The molecule has 0 atom stereocenters. The number of amides is 2. The normalized spacial score (nSPS) is 9.84. The smallest absolute Gasteiger partial charge is 0.239 e. The van der Waals surface area contributed by atoms with Gasteiger partial charge in [-0.15, -0.1) is 0 Å². The molecule has 0 heterocycles. The average molecular weight is 264 g/mol. The zero-order valence-electron chi connectivity index (χ0n) is 11.6. The molecular weight excluding hydrogens is 244 g/mol. The molecule has 0 saturated carbocycles. The Balaban J connectivity index is 2.57. The minimum atomic E-state index is -0.199. The molecule has 0 fully saturated rings. The van der Waals surface area contributed by atoms with Crippen LogP contribution in [0.4, 0.5) is 0 Å². The van der Waals surface area contributed by atoms with Gasteiger partial charge in [-0.3, -0.25) is 9.59 Å². The molecule has 19 heavy (non-hydrogen) atoms. The molecule has 0 aliphatic carbocycles. The number of nitrogens with one attached hydrogen (secondary N) is 2. The van der Waals surface area contributed by atoms with Gasteiger partial charge in [-0.1, -0.05) is 17.7 Å². The molecule has 1 aromatic rings. The van der Waals surface area contributed by atoms with Crippen LogP contribution in [0.5, 0.6) is 5.75 Å². The molecule has 5 heteroatoms. The van der Waals surface area contributed by atoms with E-state index in [0.29, 0.717) is 12.3 Å². The maximum absolute atomic E-state index is 11.8. The summed E-state index contributed by atoms with van der Waals surface area (Å²) in [6.45, 7) is 4.34. The van der Waals surface area contributed by atoms with Crippen LogP contribution in [0.2, 0.25) is 0 Å². The second-order valence-electron chi connectivity index (χ2n) is 4.22. The zero-order valence-corrected chi connectivity index (χ0v) is 11.6. The molecule has 0 bridgehead atoms. The SMILES string of the molecule is CCNC(=O)CNC(=O)Cc1cc(C)ccc1OC. The molecule has 1 rings (SSSR count). The van der Waals surface area contributed by atoms with Crippen LogP contribution in [0.25, 0.3) is 0 Å². The van der Waals surface area contributed by atoms with Gasteiger partial charge in [0.2, 0.25) is 11.8 Å². The van der Waals surface area contributed by atoms with E-state index >= 15 is 0 Å². The predicted molar refractivity (Wildman–Crippen MR) is 73.1 cm³/mol. The van der Waals surface area contributed by atoms with Crippen molar-refractivity contribution in [3.63, 3.8) is 0 Å². The van der Waals surface area contributed by atoms with Crippen molar-refractivity contribution in [2.45, 2.75) is 20.3 Å². The number of ether oxygens (including phenoxy) is 1. The summed E-state index contributed by atoms with van der Waals surface area (Å²) >= 11 is 0. The number of carbonyl (C=O) groups is 2. The molecule has 0 saturated heterocycles. The maximum atomic E-state index is 11.8. The van der Waals surface area contributed by atoms with Gasteiger partial charge in [0, 0.05) is 12.1 Å². The Morgan fingerprint density at radius 3 is 2.58 bits per heavy atom. The van der Waals surface area contributed by atoms with Crippen molar-refractivity contribution >= 4 is 11.8 Å². The standard InChI is InChI=1S/C14H20N2O3/c1-4-15-14(18)9-16-13(17)8-11-7-10(2)5-6-12(11)19-3/h5-7H,4,8-9H2,1-3H3,(H,15,18)(H,16,17). The molecule has 0 aromatic heterocycles. The minimum absolute atomic E-state index is 0.000798. The van der Waals surface area contributed by atoms with E-state index in [-0.39, 0.29) is 24.8 Å². The van der Waals surface area contributed by atoms with Gasteiger partial charge in [-0.05, 0) is 19.9 Å². The Morgan fingerprint density at radius 2 is 1.95 bits per heavy atom. The van der Waals surface area contributed by atoms with Gasteiger partial charge in [0.05, 0.1) is 20.1 Å². The summed E-state index contributed by atoms with van der Waals surface area (Å²) < 4.78 is 5.21. The second-order valence-corrected chi connectivity index (χ2v) is 4.22. The van der Waals surface area contributed by atoms with E-state index in [2.05, 4.69) is 10.6 Å². The lowest BCUT2D eigenvalue weighted by molar-refractivity contribution is -0.125. The highest BCUT2D eigenvalue weighted by molar-refractivity contribution is 5.85. The van der Waals surface area contributed by atoms with Gasteiger partial charge in [-0.2, -0.15) is 0 Å². The first-order chi connectivity index (χ1) is 9.06. The van der Waals surface area contributed by atoms with E-state index in [1.165, 1.54) is 0 Å². The van der Waals surface area contributed by atoms with Crippen LogP contribution in [0.15, 0.2) is 18.2 Å². The van der Waals surface area contributed by atoms with Crippen LogP contribution in [-0.4, -0.2) is 32.0 Å². The van der Waals surface area contributed by atoms with Crippen molar-refractivity contribution < 1.29 is 14.3 Å². The number of aryl methyl sites for hydroxylation is 1. The number of likely N-dealkylation sites (N-methyl/N-ethyl adjacent to an activating group) is 1. The number of rotatable bonds is 6. The summed E-state index contributed by atoms with van der Waals surface area (Å²) in [4.78, 5) is 23.0. The molecular formula is C14H20N2O3. The minimum Gasteiger partial charge on any atom is -0.496 e. The fourth-order valence-electron chi connectivity index (χ4n) is 1.72. The van der Waals surface area contributed by atoms with Crippen LogP contribution >= 0.6 is 0 Å². The lowest BCUT2D eigenvalue weighted by Gasteiger charge is -2.10. The Bertz CT molecular complexity index is 458. The topological polar surface area (TPSA) is 67.4 Å². The van der Waals surface area contributed by atoms with Gasteiger partial charge < -0.3 is 15.4 Å². The number of benzene rings is 1. The van der Waals surface area contributed by atoms with Crippen molar-refractivity contribution in [3.8, 4) is 5.75 Å². The summed E-state index contributed by atoms with van der Waals surface area (Å²) in [5, 5.41) is 5.20. The lowest BCUT2D eigenvalue weighted by Crippen LogP contribution is -2.37.